The molecule has 1 N–H and O–H groups in total. The van der Waals surface area contributed by atoms with E-state index in [-0.39, 0.29) is 35.9 Å². The standard InChI is InChI=1S/C26H23NO8/c1-11-8-18(29)22-16(23(11)30)10-15-13(20(22)12-4-7-19(34-2)17(28)9-12)5-6-14-21(15)25(32)27(24(14)31)26(33)35-3/h4-5,7-9,14-15,20-21,28H,6,10H2,1-3H3. The van der Waals surface area contributed by atoms with Gasteiger partial charge in [0.1, 0.15) is 0 Å². The molecule has 4 atom stereocenters. The Balaban J connectivity index is 1.68. The van der Waals surface area contributed by atoms with Crippen molar-refractivity contribution in [3.05, 3.63) is 58.2 Å². The molecule has 1 aromatic rings. The van der Waals surface area contributed by atoms with Crippen LogP contribution in [0.2, 0.25) is 0 Å². The Labute approximate surface area is 200 Å². The van der Waals surface area contributed by atoms with Crippen LogP contribution in [0.25, 0.3) is 0 Å². The molecule has 0 bridgehead atoms. The molecule has 0 saturated carbocycles. The average Bonchev–Trinajstić information content (AvgIpc) is 3.10. The summed E-state index contributed by atoms with van der Waals surface area (Å²) in [4.78, 5) is 65.3. The van der Waals surface area contributed by atoms with Crippen LogP contribution in [0.5, 0.6) is 11.5 Å². The molecule has 4 unspecified atom stereocenters. The van der Waals surface area contributed by atoms with Gasteiger partial charge in [-0.05, 0) is 49.5 Å². The molecule has 3 aliphatic carbocycles. The molecule has 180 valence electrons. The first-order valence-electron chi connectivity index (χ1n) is 11.2. The van der Waals surface area contributed by atoms with Crippen LogP contribution in [0.1, 0.15) is 31.2 Å². The molecule has 9 nitrogen and oxygen atoms in total. The lowest BCUT2D eigenvalue weighted by molar-refractivity contribution is -0.137. The second kappa shape index (κ2) is 8.04. The van der Waals surface area contributed by atoms with Crippen LogP contribution < -0.4 is 4.74 Å². The molecular weight excluding hydrogens is 454 g/mol. The van der Waals surface area contributed by atoms with Crippen LogP contribution in [0.3, 0.4) is 0 Å². The summed E-state index contributed by atoms with van der Waals surface area (Å²) in [5.74, 6) is -4.64. The molecule has 9 heteroatoms. The maximum atomic E-state index is 13.3. The van der Waals surface area contributed by atoms with Gasteiger partial charge in [0, 0.05) is 22.6 Å². The third kappa shape index (κ3) is 3.18. The number of allylic oxidation sites excluding steroid dienone is 6. The number of carbonyl (C=O) groups excluding carboxylic acids is 5. The molecule has 0 radical (unpaired) electrons. The first-order chi connectivity index (χ1) is 16.7. The van der Waals surface area contributed by atoms with Crippen molar-refractivity contribution in [2.75, 3.05) is 14.2 Å². The normalized spacial score (nSPS) is 27.7. The molecule has 4 aliphatic rings. The number of Topliss-reactive ketones (excluding diaryl/α,β-unsaturated/α-hetero) is 1. The molecule has 1 heterocycles. The SMILES string of the molecule is COC(=O)N1C(=O)C2CC=C3C(c4ccc(OC)c(O)c4)C4=C(CC3C2C1=O)C(=O)C(C)=CC4=O. The predicted molar refractivity (Wildman–Crippen MR) is 120 cm³/mol. The Morgan fingerprint density at radius 2 is 1.83 bits per heavy atom. The summed E-state index contributed by atoms with van der Waals surface area (Å²) in [6.45, 7) is 1.57. The van der Waals surface area contributed by atoms with E-state index in [2.05, 4.69) is 4.74 Å². The zero-order valence-electron chi connectivity index (χ0n) is 19.4. The Morgan fingerprint density at radius 3 is 2.49 bits per heavy atom. The van der Waals surface area contributed by atoms with E-state index in [1.165, 1.54) is 19.3 Å². The molecule has 0 spiro atoms. The minimum Gasteiger partial charge on any atom is -0.504 e. The molecule has 1 saturated heterocycles. The van der Waals surface area contributed by atoms with E-state index in [0.717, 1.165) is 12.7 Å². The number of methoxy groups -OCH3 is 2. The third-order valence-electron chi connectivity index (χ3n) is 7.46. The fourth-order valence-electron chi connectivity index (χ4n) is 5.92. The highest BCUT2D eigenvalue weighted by Crippen LogP contribution is 2.55. The van der Waals surface area contributed by atoms with Crippen LogP contribution >= 0.6 is 0 Å². The van der Waals surface area contributed by atoms with Gasteiger partial charge in [-0.1, -0.05) is 17.7 Å². The number of rotatable bonds is 2. The summed E-state index contributed by atoms with van der Waals surface area (Å²) < 4.78 is 9.79. The Bertz CT molecular complexity index is 1320. The van der Waals surface area contributed by atoms with Gasteiger partial charge in [0.15, 0.2) is 23.1 Å². The van der Waals surface area contributed by atoms with Gasteiger partial charge < -0.3 is 14.6 Å². The number of likely N-dealkylation sites (tertiary alicyclic amines) is 1. The highest BCUT2D eigenvalue weighted by molar-refractivity contribution is 6.24. The van der Waals surface area contributed by atoms with Crippen molar-refractivity contribution in [2.45, 2.75) is 25.7 Å². The second-order valence-corrected chi connectivity index (χ2v) is 9.14. The van der Waals surface area contributed by atoms with Gasteiger partial charge in [-0.25, -0.2) is 4.79 Å². The van der Waals surface area contributed by atoms with Crippen molar-refractivity contribution >= 4 is 29.5 Å². The molecule has 0 aromatic heterocycles. The number of hydrogen-bond donors (Lipinski definition) is 1. The number of imide groups is 3. The van der Waals surface area contributed by atoms with E-state index >= 15 is 0 Å². The molecule has 1 aliphatic heterocycles. The lowest BCUT2D eigenvalue weighted by Gasteiger charge is -2.42. The number of aromatic hydroxyl groups is 1. The van der Waals surface area contributed by atoms with Crippen molar-refractivity contribution < 1.29 is 38.6 Å². The Hall–Kier alpha value is -4.01. The van der Waals surface area contributed by atoms with E-state index in [1.807, 2.05) is 6.08 Å². The zero-order chi connectivity index (χ0) is 25.2. The van der Waals surface area contributed by atoms with Crippen LogP contribution in [0.4, 0.5) is 4.79 Å². The fraction of sp³-hybridized carbons (Fsp3) is 0.346. The minimum atomic E-state index is -1.04. The maximum Gasteiger partial charge on any atom is 0.423 e. The van der Waals surface area contributed by atoms with Crippen molar-refractivity contribution in [1.29, 1.82) is 0 Å². The van der Waals surface area contributed by atoms with Crippen molar-refractivity contribution in [1.82, 2.24) is 4.90 Å². The van der Waals surface area contributed by atoms with E-state index in [0.29, 0.717) is 27.2 Å². The molecule has 1 fully saturated rings. The van der Waals surface area contributed by atoms with Gasteiger partial charge in [-0.3, -0.25) is 19.2 Å². The van der Waals surface area contributed by atoms with Crippen LogP contribution in [0, 0.1) is 17.8 Å². The number of carbonyl (C=O) groups is 5. The Morgan fingerprint density at radius 1 is 1.09 bits per heavy atom. The maximum absolute atomic E-state index is 13.3. The zero-order valence-corrected chi connectivity index (χ0v) is 19.4. The van der Waals surface area contributed by atoms with Gasteiger partial charge >= 0.3 is 6.09 Å². The summed E-state index contributed by atoms with van der Waals surface area (Å²) in [7, 11) is 2.52. The number of benzene rings is 1. The lowest BCUT2D eigenvalue weighted by atomic mass is 9.59. The fourth-order valence-corrected chi connectivity index (χ4v) is 5.92. The molecule has 1 aromatic carbocycles. The van der Waals surface area contributed by atoms with E-state index in [1.54, 1.807) is 19.1 Å². The number of nitrogens with zero attached hydrogens (tertiary/aromatic N) is 1. The molecule has 3 amide bonds. The predicted octanol–water partition coefficient (Wildman–Crippen LogP) is 2.60. The highest BCUT2D eigenvalue weighted by Gasteiger charge is 2.58. The summed E-state index contributed by atoms with van der Waals surface area (Å²) in [6.07, 6.45) is 2.41. The van der Waals surface area contributed by atoms with E-state index < -0.39 is 41.6 Å². The van der Waals surface area contributed by atoms with Crippen LogP contribution in [0.15, 0.2) is 52.6 Å². The lowest BCUT2D eigenvalue weighted by Crippen LogP contribution is -2.40. The monoisotopic (exact) mass is 477 g/mol. The smallest absolute Gasteiger partial charge is 0.423 e. The summed E-state index contributed by atoms with van der Waals surface area (Å²) in [5.41, 5.74) is 2.19. The molecule has 35 heavy (non-hydrogen) atoms. The van der Waals surface area contributed by atoms with Crippen LogP contribution in [-0.2, 0) is 23.9 Å². The van der Waals surface area contributed by atoms with E-state index in [4.69, 9.17) is 4.74 Å². The summed E-state index contributed by atoms with van der Waals surface area (Å²) >= 11 is 0. The highest BCUT2D eigenvalue weighted by atomic mass is 16.5. The number of phenols is 1. The van der Waals surface area contributed by atoms with Gasteiger partial charge in [0.05, 0.1) is 26.1 Å². The topological polar surface area (TPSA) is 127 Å². The van der Waals surface area contributed by atoms with Gasteiger partial charge in [-0.2, -0.15) is 4.90 Å². The second-order valence-electron chi connectivity index (χ2n) is 9.14. The third-order valence-corrected chi connectivity index (χ3v) is 7.46. The number of amides is 3. The van der Waals surface area contributed by atoms with Gasteiger partial charge in [-0.15, -0.1) is 0 Å². The van der Waals surface area contributed by atoms with E-state index in [9.17, 15) is 29.1 Å². The number of fused-ring (bicyclic) bond motifs is 3. The van der Waals surface area contributed by atoms with Gasteiger partial charge in [0.25, 0.3) is 0 Å². The first kappa shape index (κ1) is 22.8. The average molecular weight is 477 g/mol. The summed E-state index contributed by atoms with van der Waals surface area (Å²) in [5, 5.41) is 10.4. The quantitative estimate of drug-likeness (QED) is 0.391. The number of ketones is 2. The number of hydrogen-bond acceptors (Lipinski definition) is 8. The Kier molecular flexibility index (Phi) is 5.23. The summed E-state index contributed by atoms with van der Waals surface area (Å²) in [6, 6.07) is 4.75. The number of ether oxygens (including phenoxy) is 2. The van der Waals surface area contributed by atoms with Crippen LogP contribution in [-0.4, -0.2) is 53.7 Å². The largest absolute Gasteiger partial charge is 0.504 e. The minimum absolute atomic E-state index is 0.102. The molecule has 5 rings (SSSR count). The van der Waals surface area contributed by atoms with Gasteiger partial charge in [0.2, 0.25) is 11.8 Å². The molecular formula is C26H23NO8. The number of phenolic OH excluding ortho intramolecular Hbond substituents is 1. The van der Waals surface area contributed by atoms with Crippen molar-refractivity contribution in [2.24, 2.45) is 17.8 Å². The van der Waals surface area contributed by atoms with Crippen molar-refractivity contribution in [3.8, 4) is 11.5 Å². The first-order valence-corrected chi connectivity index (χ1v) is 11.2. The van der Waals surface area contributed by atoms with Crippen molar-refractivity contribution in [3.63, 3.8) is 0 Å².